The monoisotopic (exact) mass is 456 g/mol. The van der Waals surface area contributed by atoms with E-state index >= 15 is 0 Å². The topological polar surface area (TPSA) is 105 Å². The summed E-state index contributed by atoms with van der Waals surface area (Å²) < 4.78 is 29.4. The fraction of sp³-hybridized carbons (Fsp3) is 0.304. The SMILES string of the molecule is Cc1nn(C)c(C)c1CCCN(C)c1ccc(NS(=O)(=O)c2ccccc2)cc1C(=O)O. The molecule has 2 N–H and O–H groups in total. The van der Waals surface area contributed by atoms with Gasteiger partial charge in [0.25, 0.3) is 10.0 Å². The van der Waals surface area contributed by atoms with Gasteiger partial charge in [-0.25, -0.2) is 13.2 Å². The van der Waals surface area contributed by atoms with Crippen LogP contribution in [0.25, 0.3) is 0 Å². The van der Waals surface area contributed by atoms with Crippen LogP contribution in [0.2, 0.25) is 0 Å². The third-order valence-corrected chi connectivity index (χ3v) is 6.92. The van der Waals surface area contributed by atoms with Gasteiger partial charge < -0.3 is 10.0 Å². The number of carboxylic acids is 1. The van der Waals surface area contributed by atoms with E-state index in [9.17, 15) is 18.3 Å². The number of carbonyl (C=O) groups is 1. The summed E-state index contributed by atoms with van der Waals surface area (Å²) in [6, 6.07) is 12.5. The lowest BCUT2D eigenvalue weighted by Gasteiger charge is -2.22. The predicted molar refractivity (Wildman–Crippen MR) is 125 cm³/mol. The second kappa shape index (κ2) is 9.44. The standard InChI is InChI=1S/C23H28N4O4S/c1-16-20(17(2)27(4)24-16)11-8-14-26(3)22-13-12-18(15-21(22)23(28)29)25-32(30,31)19-9-6-5-7-10-19/h5-7,9-10,12-13,15,25H,8,11,14H2,1-4H3,(H,28,29). The number of benzene rings is 2. The van der Waals surface area contributed by atoms with Gasteiger partial charge in [-0.2, -0.15) is 5.10 Å². The van der Waals surface area contributed by atoms with Crippen molar-refractivity contribution in [3.05, 3.63) is 71.0 Å². The van der Waals surface area contributed by atoms with E-state index < -0.39 is 16.0 Å². The fourth-order valence-corrected chi connectivity index (χ4v) is 4.78. The lowest BCUT2D eigenvalue weighted by atomic mass is 10.1. The second-order valence-electron chi connectivity index (χ2n) is 7.75. The molecule has 0 spiro atoms. The first-order valence-electron chi connectivity index (χ1n) is 10.3. The zero-order valence-electron chi connectivity index (χ0n) is 18.7. The summed E-state index contributed by atoms with van der Waals surface area (Å²) in [7, 11) is -0.0512. The number of aryl methyl sites for hydroxylation is 2. The van der Waals surface area contributed by atoms with Crippen LogP contribution in [0.4, 0.5) is 11.4 Å². The zero-order valence-corrected chi connectivity index (χ0v) is 19.5. The number of aromatic nitrogens is 2. The van der Waals surface area contributed by atoms with Gasteiger partial charge in [-0.15, -0.1) is 0 Å². The van der Waals surface area contributed by atoms with E-state index in [4.69, 9.17) is 0 Å². The highest BCUT2D eigenvalue weighted by Crippen LogP contribution is 2.26. The average Bonchev–Trinajstić information content (AvgIpc) is 2.99. The number of nitrogens with zero attached hydrogens (tertiary/aromatic N) is 3. The Morgan fingerprint density at radius 3 is 2.44 bits per heavy atom. The first-order chi connectivity index (χ1) is 15.1. The molecule has 0 aliphatic heterocycles. The molecule has 170 valence electrons. The Hall–Kier alpha value is -3.33. The number of aromatic carboxylic acids is 1. The van der Waals surface area contributed by atoms with E-state index in [-0.39, 0.29) is 16.1 Å². The highest BCUT2D eigenvalue weighted by molar-refractivity contribution is 7.92. The maximum absolute atomic E-state index is 12.6. The molecule has 1 aromatic heterocycles. The van der Waals surface area contributed by atoms with Crippen molar-refractivity contribution >= 4 is 27.4 Å². The molecule has 32 heavy (non-hydrogen) atoms. The lowest BCUT2D eigenvalue weighted by molar-refractivity contribution is 0.0697. The number of hydrogen-bond donors (Lipinski definition) is 2. The van der Waals surface area contributed by atoms with Crippen molar-refractivity contribution in [3.8, 4) is 0 Å². The van der Waals surface area contributed by atoms with E-state index in [1.165, 1.54) is 23.8 Å². The summed E-state index contributed by atoms with van der Waals surface area (Å²) in [6.07, 6.45) is 1.67. The fourth-order valence-electron chi connectivity index (χ4n) is 3.71. The van der Waals surface area contributed by atoms with Crippen LogP contribution >= 0.6 is 0 Å². The Kier molecular flexibility index (Phi) is 6.88. The lowest BCUT2D eigenvalue weighted by Crippen LogP contribution is -2.22. The number of hydrogen-bond acceptors (Lipinski definition) is 5. The van der Waals surface area contributed by atoms with Crippen molar-refractivity contribution < 1.29 is 18.3 Å². The molecule has 0 atom stereocenters. The first-order valence-corrected chi connectivity index (χ1v) is 11.7. The molecular weight excluding hydrogens is 428 g/mol. The highest BCUT2D eigenvalue weighted by atomic mass is 32.2. The van der Waals surface area contributed by atoms with Gasteiger partial charge in [0.2, 0.25) is 0 Å². The molecule has 0 fully saturated rings. The van der Waals surface area contributed by atoms with Crippen LogP contribution < -0.4 is 9.62 Å². The Bertz CT molecular complexity index is 1220. The molecule has 3 rings (SSSR count). The van der Waals surface area contributed by atoms with Gasteiger partial charge >= 0.3 is 5.97 Å². The molecule has 0 bridgehead atoms. The molecule has 0 saturated carbocycles. The van der Waals surface area contributed by atoms with Crippen LogP contribution in [0.3, 0.4) is 0 Å². The summed E-state index contributed by atoms with van der Waals surface area (Å²) in [5.41, 5.74) is 4.12. The molecule has 8 nitrogen and oxygen atoms in total. The highest BCUT2D eigenvalue weighted by Gasteiger charge is 2.18. The minimum Gasteiger partial charge on any atom is -0.478 e. The van der Waals surface area contributed by atoms with Crippen molar-refractivity contribution in [3.63, 3.8) is 0 Å². The summed E-state index contributed by atoms with van der Waals surface area (Å²) in [4.78, 5) is 13.9. The Labute approximate surface area is 188 Å². The molecule has 0 aliphatic rings. The Morgan fingerprint density at radius 1 is 1.16 bits per heavy atom. The average molecular weight is 457 g/mol. The quantitative estimate of drug-likeness (QED) is 0.510. The molecule has 0 amide bonds. The molecule has 0 saturated heterocycles. The number of sulfonamides is 1. The number of carboxylic acid groups (broad SMARTS) is 1. The minimum atomic E-state index is -3.80. The maximum Gasteiger partial charge on any atom is 0.337 e. The number of rotatable bonds is 9. The van der Waals surface area contributed by atoms with Crippen molar-refractivity contribution in [1.82, 2.24) is 9.78 Å². The minimum absolute atomic E-state index is 0.0366. The smallest absolute Gasteiger partial charge is 0.337 e. The van der Waals surface area contributed by atoms with E-state index in [0.29, 0.717) is 12.2 Å². The Balaban J connectivity index is 1.74. The molecule has 2 aromatic carbocycles. The summed E-state index contributed by atoms with van der Waals surface area (Å²) in [5.74, 6) is -1.12. The largest absolute Gasteiger partial charge is 0.478 e. The van der Waals surface area contributed by atoms with E-state index in [0.717, 1.165) is 24.2 Å². The van der Waals surface area contributed by atoms with Gasteiger partial charge in [0.1, 0.15) is 0 Å². The van der Waals surface area contributed by atoms with Gasteiger partial charge in [0.15, 0.2) is 0 Å². The number of nitrogens with one attached hydrogen (secondary N) is 1. The third kappa shape index (κ3) is 5.11. The van der Waals surface area contributed by atoms with E-state index in [1.54, 1.807) is 30.3 Å². The molecular formula is C23H28N4O4S. The van der Waals surface area contributed by atoms with Crippen LogP contribution in [0.1, 0.15) is 33.7 Å². The molecule has 3 aromatic rings. The summed E-state index contributed by atoms with van der Waals surface area (Å²) >= 11 is 0. The molecule has 1 heterocycles. The van der Waals surface area contributed by atoms with Gasteiger partial charge in [-0.05, 0) is 62.6 Å². The van der Waals surface area contributed by atoms with Crippen LogP contribution in [0.15, 0.2) is 53.4 Å². The van der Waals surface area contributed by atoms with Crippen LogP contribution in [-0.4, -0.2) is 42.9 Å². The maximum atomic E-state index is 12.6. The van der Waals surface area contributed by atoms with Crippen molar-refractivity contribution in [2.75, 3.05) is 23.2 Å². The van der Waals surface area contributed by atoms with Crippen molar-refractivity contribution in [2.45, 2.75) is 31.6 Å². The van der Waals surface area contributed by atoms with Gasteiger partial charge in [-0.3, -0.25) is 9.40 Å². The zero-order chi connectivity index (χ0) is 23.5. The van der Waals surface area contributed by atoms with Crippen LogP contribution in [-0.2, 0) is 23.5 Å². The first kappa shape index (κ1) is 23.3. The molecule has 0 unspecified atom stereocenters. The number of anilines is 2. The molecule has 0 radical (unpaired) electrons. The molecule has 0 aliphatic carbocycles. The second-order valence-corrected chi connectivity index (χ2v) is 9.44. The van der Waals surface area contributed by atoms with Crippen LogP contribution in [0.5, 0.6) is 0 Å². The van der Waals surface area contributed by atoms with E-state index in [1.807, 2.05) is 37.5 Å². The van der Waals surface area contributed by atoms with Crippen LogP contribution in [0, 0.1) is 13.8 Å². The summed E-state index contributed by atoms with van der Waals surface area (Å²) in [6.45, 7) is 4.67. The van der Waals surface area contributed by atoms with Gasteiger partial charge in [0.05, 0.1) is 21.8 Å². The van der Waals surface area contributed by atoms with Gasteiger partial charge in [-0.1, -0.05) is 18.2 Å². The van der Waals surface area contributed by atoms with Gasteiger partial charge in [0, 0.05) is 32.0 Å². The third-order valence-electron chi connectivity index (χ3n) is 5.52. The van der Waals surface area contributed by atoms with Crippen molar-refractivity contribution in [1.29, 1.82) is 0 Å². The predicted octanol–water partition coefficient (Wildman–Crippen LogP) is 3.60. The molecule has 9 heteroatoms. The van der Waals surface area contributed by atoms with E-state index in [2.05, 4.69) is 9.82 Å². The normalized spacial score (nSPS) is 11.4. The van der Waals surface area contributed by atoms with Crippen molar-refractivity contribution in [2.24, 2.45) is 7.05 Å². The Morgan fingerprint density at radius 2 is 1.84 bits per heavy atom. The summed E-state index contributed by atoms with van der Waals surface area (Å²) in [5, 5.41) is 14.2.